The SMILES string of the molecule is Cc1cc(Br)cc(C(=O)O)c1OCc1cscn1. The Morgan fingerprint density at radius 3 is 2.94 bits per heavy atom. The molecule has 0 bridgehead atoms. The second-order valence-corrected chi connectivity index (χ2v) is 5.31. The molecule has 0 amide bonds. The molecule has 0 saturated carbocycles. The van der Waals surface area contributed by atoms with Crippen LogP contribution in [0.5, 0.6) is 5.75 Å². The zero-order chi connectivity index (χ0) is 13.1. The summed E-state index contributed by atoms with van der Waals surface area (Å²) in [6.07, 6.45) is 0. The van der Waals surface area contributed by atoms with E-state index in [0.717, 1.165) is 15.7 Å². The molecule has 6 heteroatoms. The molecule has 0 spiro atoms. The van der Waals surface area contributed by atoms with E-state index < -0.39 is 5.97 Å². The number of ether oxygens (including phenoxy) is 1. The van der Waals surface area contributed by atoms with E-state index in [9.17, 15) is 4.79 Å². The van der Waals surface area contributed by atoms with Crippen LogP contribution < -0.4 is 4.74 Å². The van der Waals surface area contributed by atoms with Gasteiger partial charge in [0.05, 0.1) is 11.2 Å². The van der Waals surface area contributed by atoms with Crippen molar-refractivity contribution in [2.75, 3.05) is 0 Å². The van der Waals surface area contributed by atoms with Crippen molar-refractivity contribution in [3.8, 4) is 5.75 Å². The molecule has 0 aliphatic carbocycles. The van der Waals surface area contributed by atoms with Gasteiger partial charge >= 0.3 is 5.97 Å². The highest BCUT2D eigenvalue weighted by atomic mass is 79.9. The lowest BCUT2D eigenvalue weighted by Gasteiger charge is -2.11. The number of thiazole rings is 1. The van der Waals surface area contributed by atoms with Gasteiger partial charge in [0.2, 0.25) is 0 Å². The van der Waals surface area contributed by atoms with Crippen LogP contribution in [-0.2, 0) is 6.61 Å². The molecule has 0 aliphatic rings. The highest BCUT2D eigenvalue weighted by molar-refractivity contribution is 9.10. The van der Waals surface area contributed by atoms with Crippen LogP contribution in [0.1, 0.15) is 21.6 Å². The van der Waals surface area contributed by atoms with Crippen molar-refractivity contribution in [2.45, 2.75) is 13.5 Å². The van der Waals surface area contributed by atoms with E-state index in [1.54, 1.807) is 5.51 Å². The molecule has 0 unspecified atom stereocenters. The van der Waals surface area contributed by atoms with E-state index in [1.807, 2.05) is 18.4 Å². The summed E-state index contributed by atoms with van der Waals surface area (Å²) in [4.78, 5) is 15.3. The quantitative estimate of drug-likeness (QED) is 0.933. The fraction of sp³-hybridized carbons (Fsp3) is 0.167. The van der Waals surface area contributed by atoms with Gasteiger partial charge in [-0.15, -0.1) is 11.3 Å². The summed E-state index contributed by atoms with van der Waals surface area (Å²) in [7, 11) is 0. The van der Waals surface area contributed by atoms with Gasteiger partial charge in [0.25, 0.3) is 0 Å². The lowest BCUT2D eigenvalue weighted by atomic mass is 10.1. The van der Waals surface area contributed by atoms with Gasteiger partial charge in [-0.3, -0.25) is 0 Å². The summed E-state index contributed by atoms with van der Waals surface area (Å²) in [6, 6.07) is 3.36. The smallest absolute Gasteiger partial charge is 0.339 e. The van der Waals surface area contributed by atoms with E-state index in [2.05, 4.69) is 20.9 Å². The lowest BCUT2D eigenvalue weighted by molar-refractivity contribution is 0.0691. The van der Waals surface area contributed by atoms with Crippen LogP contribution in [0, 0.1) is 6.92 Å². The molecule has 2 rings (SSSR count). The van der Waals surface area contributed by atoms with Crippen molar-refractivity contribution < 1.29 is 14.6 Å². The molecule has 0 radical (unpaired) electrons. The minimum atomic E-state index is -1.01. The van der Waals surface area contributed by atoms with Gasteiger partial charge in [-0.2, -0.15) is 0 Å². The maximum absolute atomic E-state index is 11.2. The van der Waals surface area contributed by atoms with Crippen LogP contribution in [0.15, 0.2) is 27.5 Å². The van der Waals surface area contributed by atoms with Crippen LogP contribution >= 0.6 is 27.3 Å². The van der Waals surface area contributed by atoms with Crippen molar-refractivity contribution in [3.05, 3.63) is 44.3 Å². The highest BCUT2D eigenvalue weighted by Gasteiger charge is 2.15. The Balaban J connectivity index is 2.28. The molecule has 1 heterocycles. The number of benzene rings is 1. The molecular weight excluding hydrogens is 318 g/mol. The van der Waals surface area contributed by atoms with Crippen LogP contribution in [-0.4, -0.2) is 16.1 Å². The first-order chi connectivity index (χ1) is 8.58. The summed E-state index contributed by atoms with van der Waals surface area (Å²) in [6.45, 7) is 2.08. The number of aromatic carboxylic acids is 1. The Morgan fingerprint density at radius 2 is 2.33 bits per heavy atom. The number of aryl methyl sites for hydroxylation is 1. The first-order valence-electron chi connectivity index (χ1n) is 5.11. The van der Waals surface area contributed by atoms with Gasteiger partial charge in [-0.05, 0) is 24.6 Å². The maximum Gasteiger partial charge on any atom is 0.339 e. The third kappa shape index (κ3) is 2.88. The Bertz CT molecular complexity index is 569. The average Bonchev–Trinajstić information content (AvgIpc) is 2.79. The number of hydrogen-bond donors (Lipinski definition) is 1. The Kier molecular flexibility index (Phi) is 3.98. The van der Waals surface area contributed by atoms with Gasteiger partial charge in [-0.25, -0.2) is 9.78 Å². The van der Waals surface area contributed by atoms with Crippen molar-refractivity contribution >= 4 is 33.2 Å². The second-order valence-electron chi connectivity index (χ2n) is 3.67. The maximum atomic E-state index is 11.2. The van der Waals surface area contributed by atoms with E-state index in [-0.39, 0.29) is 12.2 Å². The van der Waals surface area contributed by atoms with Crippen molar-refractivity contribution in [3.63, 3.8) is 0 Å². The predicted octanol–water partition coefficient (Wildman–Crippen LogP) is 3.49. The van der Waals surface area contributed by atoms with Crippen LogP contribution in [0.2, 0.25) is 0 Å². The van der Waals surface area contributed by atoms with Gasteiger partial charge in [-0.1, -0.05) is 15.9 Å². The second kappa shape index (κ2) is 5.49. The number of carbonyl (C=O) groups is 1. The standard InChI is InChI=1S/C12H10BrNO3S/c1-7-2-8(13)3-10(12(15)16)11(7)17-4-9-5-18-6-14-9/h2-3,5-6H,4H2,1H3,(H,15,16). The summed E-state index contributed by atoms with van der Waals surface area (Å²) in [5, 5.41) is 11.0. The van der Waals surface area contributed by atoms with Gasteiger partial charge in [0.1, 0.15) is 17.9 Å². The molecular formula is C12H10BrNO3S. The van der Waals surface area contributed by atoms with Gasteiger partial charge in [0, 0.05) is 9.85 Å². The van der Waals surface area contributed by atoms with Crippen LogP contribution in [0.25, 0.3) is 0 Å². The van der Waals surface area contributed by atoms with Crippen molar-refractivity contribution in [1.82, 2.24) is 4.98 Å². The molecule has 0 fully saturated rings. The summed E-state index contributed by atoms with van der Waals surface area (Å²) in [5.41, 5.74) is 3.43. The largest absolute Gasteiger partial charge is 0.486 e. The molecule has 4 nitrogen and oxygen atoms in total. The third-order valence-electron chi connectivity index (χ3n) is 2.32. The van der Waals surface area contributed by atoms with Gasteiger partial charge < -0.3 is 9.84 Å². The molecule has 2 aromatic rings. The molecule has 1 aromatic carbocycles. The highest BCUT2D eigenvalue weighted by Crippen LogP contribution is 2.28. The number of carboxylic acid groups (broad SMARTS) is 1. The Labute approximate surface area is 116 Å². The predicted molar refractivity (Wildman–Crippen MR) is 72.3 cm³/mol. The number of hydrogen-bond acceptors (Lipinski definition) is 4. The molecule has 0 atom stereocenters. The Hall–Kier alpha value is -1.40. The summed E-state index contributed by atoms with van der Waals surface area (Å²) < 4.78 is 6.29. The molecule has 0 aliphatic heterocycles. The van der Waals surface area contributed by atoms with Crippen LogP contribution in [0.4, 0.5) is 0 Å². The summed E-state index contributed by atoms with van der Waals surface area (Å²) >= 11 is 4.75. The first-order valence-corrected chi connectivity index (χ1v) is 6.85. The lowest BCUT2D eigenvalue weighted by Crippen LogP contribution is -2.05. The molecule has 1 aromatic heterocycles. The number of aromatic nitrogens is 1. The number of carboxylic acids is 1. The van der Waals surface area contributed by atoms with Gasteiger partial charge in [0.15, 0.2) is 0 Å². The van der Waals surface area contributed by atoms with E-state index >= 15 is 0 Å². The fourth-order valence-electron chi connectivity index (χ4n) is 1.54. The monoisotopic (exact) mass is 327 g/mol. The minimum Gasteiger partial charge on any atom is -0.486 e. The third-order valence-corrected chi connectivity index (χ3v) is 3.41. The normalized spacial score (nSPS) is 10.3. The summed E-state index contributed by atoms with van der Waals surface area (Å²) in [5.74, 6) is -0.619. The van der Waals surface area contributed by atoms with Crippen molar-refractivity contribution in [2.24, 2.45) is 0 Å². The molecule has 94 valence electrons. The molecule has 0 saturated heterocycles. The van der Waals surface area contributed by atoms with Crippen molar-refractivity contribution in [1.29, 1.82) is 0 Å². The average molecular weight is 328 g/mol. The fourth-order valence-corrected chi connectivity index (χ4v) is 2.65. The molecule has 1 N–H and O–H groups in total. The zero-order valence-electron chi connectivity index (χ0n) is 9.51. The first kappa shape index (κ1) is 13.0. The number of rotatable bonds is 4. The number of halogens is 1. The molecule has 18 heavy (non-hydrogen) atoms. The van der Waals surface area contributed by atoms with Crippen LogP contribution in [0.3, 0.4) is 0 Å². The number of nitrogens with zero attached hydrogens (tertiary/aromatic N) is 1. The van der Waals surface area contributed by atoms with E-state index in [0.29, 0.717) is 5.75 Å². The Morgan fingerprint density at radius 1 is 1.56 bits per heavy atom. The zero-order valence-corrected chi connectivity index (χ0v) is 11.9. The topological polar surface area (TPSA) is 59.4 Å². The van der Waals surface area contributed by atoms with E-state index in [1.165, 1.54) is 17.4 Å². The minimum absolute atomic E-state index is 0.150. The van der Waals surface area contributed by atoms with E-state index in [4.69, 9.17) is 9.84 Å².